The van der Waals surface area contributed by atoms with Gasteiger partial charge in [0.05, 0.1) is 5.69 Å². The molecule has 0 aliphatic carbocycles. The van der Waals surface area contributed by atoms with Gasteiger partial charge in [0.1, 0.15) is 0 Å². The molecule has 0 unspecified atom stereocenters. The van der Waals surface area contributed by atoms with E-state index in [1.807, 2.05) is 23.6 Å². The summed E-state index contributed by atoms with van der Waals surface area (Å²) >= 11 is 1.85. The third kappa shape index (κ3) is 2.89. The van der Waals surface area contributed by atoms with Gasteiger partial charge in [-0.05, 0) is 44.0 Å². The summed E-state index contributed by atoms with van der Waals surface area (Å²) in [6.45, 7) is 5.28. The van der Waals surface area contributed by atoms with Crippen molar-refractivity contribution in [3.05, 3.63) is 40.2 Å². The first-order valence-corrected chi connectivity index (χ1v) is 7.64. The quantitative estimate of drug-likeness (QED) is 0.921. The molecule has 2 aromatic heterocycles. The van der Waals surface area contributed by atoms with Gasteiger partial charge in [-0.3, -0.25) is 0 Å². The Labute approximate surface area is 118 Å². The predicted octanol–water partition coefficient (Wildman–Crippen LogP) is 3.66. The minimum atomic E-state index is 0.880. The largest absolute Gasteiger partial charge is 0.377 e. The lowest BCUT2D eigenvalue weighted by molar-refractivity contribution is 0.935. The van der Waals surface area contributed by atoms with E-state index in [9.17, 15) is 0 Å². The van der Waals surface area contributed by atoms with Crippen LogP contribution < -0.4 is 10.2 Å². The third-order valence-corrected chi connectivity index (χ3v) is 4.44. The molecule has 0 bridgehead atoms. The molecule has 0 amide bonds. The maximum absolute atomic E-state index is 4.55. The average molecular weight is 273 g/mol. The highest BCUT2D eigenvalue weighted by molar-refractivity contribution is 7.11. The number of aryl methyl sites for hydroxylation is 1. The standard InChI is InChI=1S/C15H19N3S/c1-12-6-7-13(19-12)11-17-14-5-4-8-16-15(14)18-9-2-3-10-18/h4-8,17H,2-3,9-11H2,1H3. The molecule has 0 atom stereocenters. The van der Waals surface area contributed by atoms with Gasteiger partial charge in [-0.25, -0.2) is 4.98 Å². The molecule has 19 heavy (non-hydrogen) atoms. The van der Waals surface area contributed by atoms with Crippen molar-refractivity contribution in [2.75, 3.05) is 23.3 Å². The van der Waals surface area contributed by atoms with Crippen molar-refractivity contribution in [2.24, 2.45) is 0 Å². The highest BCUT2D eigenvalue weighted by Gasteiger charge is 2.16. The molecule has 2 aromatic rings. The summed E-state index contributed by atoms with van der Waals surface area (Å²) in [6.07, 6.45) is 4.44. The van der Waals surface area contributed by atoms with Crippen LogP contribution in [-0.2, 0) is 6.54 Å². The van der Waals surface area contributed by atoms with Gasteiger partial charge in [0, 0.05) is 35.6 Å². The number of nitrogens with zero attached hydrogens (tertiary/aromatic N) is 2. The number of nitrogens with one attached hydrogen (secondary N) is 1. The van der Waals surface area contributed by atoms with Crippen LogP contribution in [0.2, 0.25) is 0 Å². The Morgan fingerprint density at radius 1 is 1.26 bits per heavy atom. The van der Waals surface area contributed by atoms with Crippen molar-refractivity contribution in [1.82, 2.24) is 4.98 Å². The van der Waals surface area contributed by atoms with Crippen molar-refractivity contribution in [3.63, 3.8) is 0 Å². The maximum atomic E-state index is 4.55. The van der Waals surface area contributed by atoms with Gasteiger partial charge in [-0.15, -0.1) is 11.3 Å². The Morgan fingerprint density at radius 3 is 2.84 bits per heavy atom. The van der Waals surface area contributed by atoms with Crippen molar-refractivity contribution in [3.8, 4) is 0 Å². The van der Waals surface area contributed by atoms with Crippen LogP contribution in [0.15, 0.2) is 30.5 Å². The first-order chi connectivity index (χ1) is 9.33. The zero-order chi connectivity index (χ0) is 13.1. The van der Waals surface area contributed by atoms with E-state index in [1.165, 1.54) is 22.6 Å². The normalized spacial score (nSPS) is 14.9. The fourth-order valence-corrected chi connectivity index (χ4v) is 3.31. The lowest BCUT2D eigenvalue weighted by Crippen LogP contribution is -2.20. The zero-order valence-electron chi connectivity index (χ0n) is 11.2. The Balaban J connectivity index is 1.73. The number of anilines is 2. The number of rotatable bonds is 4. The number of thiophene rings is 1. The van der Waals surface area contributed by atoms with Crippen molar-refractivity contribution < 1.29 is 0 Å². The molecule has 1 N–H and O–H groups in total. The van der Waals surface area contributed by atoms with Crippen LogP contribution in [0.3, 0.4) is 0 Å². The summed E-state index contributed by atoms with van der Waals surface area (Å²) < 4.78 is 0. The van der Waals surface area contributed by atoms with Gasteiger partial charge in [0.15, 0.2) is 5.82 Å². The lowest BCUT2D eigenvalue weighted by atomic mass is 10.3. The Bertz CT molecular complexity index is 544. The minimum Gasteiger partial charge on any atom is -0.377 e. The van der Waals surface area contributed by atoms with Gasteiger partial charge >= 0.3 is 0 Å². The van der Waals surface area contributed by atoms with Gasteiger partial charge in [0.2, 0.25) is 0 Å². The molecule has 0 radical (unpaired) electrons. The number of hydrogen-bond donors (Lipinski definition) is 1. The molecule has 1 fully saturated rings. The van der Waals surface area contributed by atoms with E-state index in [0.29, 0.717) is 0 Å². The minimum absolute atomic E-state index is 0.880. The maximum Gasteiger partial charge on any atom is 0.151 e. The molecule has 3 rings (SSSR count). The highest BCUT2D eigenvalue weighted by atomic mass is 32.1. The molecule has 0 aromatic carbocycles. The van der Waals surface area contributed by atoms with Crippen LogP contribution in [0, 0.1) is 6.92 Å². The molecule has 1 aliphatic rings. The van der Waals surface area contributed by atoms with Gasteiger partial charge in [-0.1, -0.05) is 0 Å². The van der Waals surface area contributed by atoms with E-state index < -0.39 is 0 Å². The fraction of sp³-hybridized carbons (Fsp3) is 0.400. The Morgan fingerprint density at radius 2 is 2.11 bits per heavy atom. The van der Waals surface area contributed by atoms with Crippen molar-refractivity contribution in [1.29, 1.82) is 0 Å². The second-order valence-corrected chi connectivity index (χ2v) is 6.31. The molecule has 4 heteroatoms. The average Bonchev–Trinajstić information content (AvgIpc) is 3.08. The Hall–Kier alpha value is -1.55. The Kier molecular flexibility index (Phi) is 3.69. The summed E-state index contributed by atoms with van der Waals surface area (Å²) in [5.74, 6) is 1.10. The van der Waals surface area contributed by atoms with Crippen LogP contribution in [-0.4, -0.2) is 18.1 Å². The number of pyridine rings is 1. The van der Waals surface area contributed by atoms with Crippen LogP contribution in [0.5, 0.6) is 0 Å². The van der Waals surface area contributed by atoms with Crippen LogP contribution in [0.25, 0.3) is 0 Å². The van der Waals surface area contributed by atoms with Crippen LogP contribution in [0.4, 0.5) is 11.5 Å². The molecule has 3 heterocycles. The molecule has 0 saturated carbocycles. The molecule has 100 valence electrons. The van der Waals surface area contributed by atoms with Gasteiger partial charge in [-0.2, -0.15) is 0 Å². The van der Waals surface area contributed by atoms with E-state index in [0.717, 1.165) is 31.1 Å². The molecule has 1 saturated heterocycles. The topological polar surface area (TPSA) is 28.2 Å². The first-order valence-electron chi connectivity index (χ1n) is 6.82. The molecular weight excluding hydrogens is 254 g/mol. The van der Waals surface area contributed by atoms with Crippen LogP contribution in [0.1, 0.15) is 22.6 Å². The van der Waals surface area contributed by atoms with E-state index in [4.69, 9.17) is 0 Å². The van der Waals surface area contributed by atoms with Gasteiger partial charge in [0.25, 0.3) is 0 Å². The summed E-state index contributed by atoms with van der Waals surface area (Å²) in [5.41, 5.74) is 1.15. The van der Waals surface area contributed by atoms with E-state index in [1.54, 1.807) is 0 Å². The summed E-state index contributed by atoms with van der Waals surface area (Å²) in [4.78, 5) is 9.65. The van der Waals surface area contributed by atoms with Crippen molar-refractivity contribution >= 4 is 22.8 Å². The molecule has 3 nitrogen and oxygen atoms in total. The predicted molar refractivity (Wildman–Crippen MR) is 82.1 cm³/mol. The van der Waals surface area contributed by atoms with E-state index >= 15 is 0 Å². The smallest absolute Gasteiger partial charge is 0.151 e. The molecule has 0 spiro atoms. The lowest BCUT2D eigenvalue weighted by Gasteiger charge is -2.20. The molecular formula is C15H19N3S. The first kappa shape index (κ1) is 12.5. The highest BCUT2D eigenvalue weighted by Crippen LogP contribution is 2.27. The molecule has 1 aliphatic heterocycles. The second kappa shape index (κ2) is 5.61. The monoisotopic (exact) mass is 273 g/mol. The SMILES string of the molecule is Cc1ccc(CNc2cccnc2N2CCCC2)s1. The third-order valence-electron chi connectivity index (χ3n) is 3.44. The summed E-state index contributed by atoms with van der Waals surface area (Å²) in [6, 6.07) is 8.49. The van der Waals surface area contributed by atoms with Gasteiger partial charge < -0.3 is 10.2 Å². The van der Waals surface area contributed by atoms with E-state index in [-0.39, 0.29) is 0 Å². The number of aromatic nitrogens is 1. The van der Waals surface area contributed by atoms with E-state index in [2.05, 4.69) is 40.3 Å². The fourth-order valence-electron chi connectivity index (χ4n) is 2.48. The summed E-state index contributed by atoms with van der Waals surface area (Å²) in [7, 11) is 0. The van der Waals surface area contributed by atoms with Crippen molar-refractivity contribution in [2.45, 2.75) is 26.3 Å². The van der Waals surface area contributed by atoms with Crippen LogP contribution >= 0.6 is 11.3 Å². The number of hydrogen-bond acceptors (Lipinski definition) is 4. The second-order valence-electron chi connectivity index (χ2n) is 4.93. The summed E-state index contributed by atoms with van der Waals surface area (Å²) in [5, 5.41) is 3.53. The zero-order valence-corrected chi connectivity index (χ0v) is 12.0.